The molecule has 1 unspecified atom stereocenters. The first-order valence-electron chi connectivity index (χ1n) is 6.19. The molecule has 2 heterocycles. The van der Waals surface area contributed by atoms with Crippen molar-refractivity contribution in [3.05, 3.63) is 38.7 Å². The Balaban J connectivity index is 2.35. The lowest BCUT2D eigenvalue weighted by Gasteiger charge is -2.21. The Morgan fingerprint density at radius 1 is 1.24 bits per heavy atom. The first kappa shape index (κ1) is 16.2. The maximum atomic E-state index is 12.5. The molecule has 114 valence electrons. The summed E-state index contributed by atoms with van der Waals surface area (Å²) in [5.41, 5.74) is 0. The van der Waals surface area contributed by atoms with E-state index in [-0.39, 0.29) is 21.7 Å². The molecule has 1 atom stereocenters. The molecule has 0 aliphatic carbocycles. The molecule has 0 saturated heterocycles. The Morgan fingerprint density at radius 2 is 1.95 bits per heavy atom. The zero-order chi connectivity index (χ0) is 15.6. The van der Waals surface area contributed by atoms with Gasteiger partial charge in [-0.3, -0.25) is 0 Å². The van der Waals surface area contributed by atoms with E-state index in [0.29, 0.717) is 0 Å². The third kappa shape index (κ3) is 3.52. The van der Waals surface area contributed by atoms with E-state index >= 15 is 0 Å². The molecule has 0 bridgehead atoms. The minimum absolute atomic E-state index is 0.0466. The van der Waals surface area contributed by atoms with Crippen LogP contribution in [0.25, 0.3) is 0 Å². The van der Waals surface area contributed by atoms with Gasteiger partial charge in [0.2, 0.25) is 10.0 Å². The number of hydrogen-bond acceptors (Lipinski definition) is 5. The van der Waals surface area contributed by atoms with Gasteiger partial charge in [0.15, 0.2) is 0 Å². The summed E-state index contributed by atoms with van der Waals surface area (Å²) in [6.07, 6.45) is 0. The fraction of sp³-hybridized carbons (Fsp3) is 0.308. The second-order valence-electron chi connectivity index (χ2n) is 4.78. The van der Waals surface area contributed by atoms with Gasteiger partial charge >= 0.3 is 5.97 Å². The molecule has 2 aromatic heterocycles. The predicted molar refractivity (Wildman–Crippen MR) is 83.5 cm³/mol. The first-order chi connectivity index (χ1) is 9.83. The Kier molecular flexibility index (Phi) is 4.82. The standard InChI is InChI=1S/C13H15NO4S3/c1-8(2)11(9-4-3-6-19-9)14-21(17,18)10-5-7-20-12(10)13(15)16/h3-8,11,14H,1-2H3,(H,15,16). The maximum absolute atomic E-state index is 12.5. The monoisotopic (exact) mass is 345 g/mol. The number of carbonyl (C=O) groups is 1. The van der Waals surface area contributed by atoms with Crippen LogP contribution in [0.5, 0.6) is 0 Å². The van der Waals surface area contributed by atoms with E-state index in [2.05, 4.69) is 4.72 Å². The smallest absolute Gasteiger partial charge is 0.347 e. The SMILES string of the molecule is CC(C)C(NS(=O)(=O)c1ccsc1C(=O)O)c1cccs1. The van der Waals surface area contributed by atoms with Crippen LogP contribution in [0.1, 0.15) is 34.4 Å². The van der Waals surface area contributed by atoms with Crippen LogP contribution >= 0.6 is 22.7 Å². The molecule has 8 heteroatoms. The molecule has 0 aliphatic rings. The lowest BCUT2D eigenvalue weighted by atomic mass is 10.0. The summed E-state index contributed by atoms with van der Waals surface area (Å²) in [5.74, 6) is -1.19. The van der Waals surface area contributed by atoms with Crippen molar-refractivity contribution in [3.63, 3.8) is 0 Å². The van der Waals surface area contributed by atoms with Crippen LogP contribution in [0.2, 0.25) is 0 Å². The van der Waals surface area contributed by atoms with Crippen molar-refractivity contribution in [1.82, 2.24) is 4.72 Å². The molecule has 0 spiro atoms. The highest BCUT2D eigenvalue weighted by Gasteiger charge is 2.28. The molecule has 0 fully saturated rings. The highest BCUT2D eigenvalue weighted by molar-refractivity contribution is 7.89. The van der Waals surface area contributed by atoms with Crippen LogP contribution in [-0.2, 0) is 10.0 Å². The van der Waals surface area contributed by atoms with Crippen LogP contribution < -0.4 is 4.72 Å². The third-order valence-electron chi connectivity index (χ3n) is 2.91. The van der Waals surface area contributed by atoms with E-state index in [1.165, 1.54) is 22.8 Å². The van der Waals surface area contributed by atoms with Crippen molar-refractivity contribution < 1.29 is 18.3 Å². The molecular formula is C13H15NO4S3. The zero-order valence-electron chi connectivity index (χ0n) is 11.4. The molecule has 2 aromatic rings. The molecule has 2 N–H and O–H groups in total. The summed E-state index contributed by atoms with van der Waals surface area (Å²) in [7, 11) is -3.88. The van der Waals surface area contributed by atoms with E-state index in [1.54, 1.807) is 0 Å². The lowest BCUT2D eigenvalue weighted by molar-refractivity contribution is 0.0698. The van der Waals surface area contributed by atoms with Crippen LogP contribution in [0, 0.1) is 5.92 Å². The second kappa shape index (κ2) is 6.27. The van der Waals surface area contributed by atoms with Crippen molar-refractivity contribution in [3.8, 4) is 0 Å². The number of thiophene rings is 2. The minimum atomic E-state index is -3.88. The summed E-state index contributed by atoms with van der Waals surface area (Å²) >= 11 is 2.37. The van der Waals surface area contributed by atoms with Crippen LogP contribution in [0.4, 0.5) is 0 Å². The topological polar surface area (TPSA) is 83.5 Å². The molecule has 0 aliphatic heterocycles. The first-order valence-corrected chi connectivity index (χ1v) is 9.43. The van der Waals surface area contributed by atoms with Crippen LogP contribution in [0.3, 0.4) is 0 Å². The summed E-state index contributed by atoms with van der Waals surface area (Å²) in [4.78, 5) is 11.7. The second-order valence-corrected chi connectivity index (χ2v) is 8.36. The lowest BCUT2D eigenvalue weighted by Crippen LogP contribution is -2.31. The highest BCUT2D eigenvalue weighted by Crippen LogP contribution is 2.29. The Bertz CT molecular complexity index is 716. The largest absolute Gasteiger partial charge is 0.477 e. The number of hydrogen-bond donors (Lipinski definition) is 2. The number of rotatable bonds is 6. The van der Waals surface area contributed by atoms with E-state index in [1.807, 2.05) is 31.4 Å². The van der Waals surface area contributed by atoms with Gasteiger partial charge in [0, 0.05) is 4.88 Å². The number of sulfonamides is 1. The van der Waals surface area contributed by atoms with Gasteiger partial charge in [-0.05, 0) is 28.8 Å². The molecular weight excluding hydrogens is 330 g/mol. The molecule has 0 saturated carbocycles. The number of carboxylic acids is 1. The average Bonchev–Trinajstić information content (AvgIpc) is 3.06. The average molecular weight is 345 g/mol. The van der Waals surface area contributed by atoms with Gasteiger partial charge in [0.1, 0.15) is 9.77 Å². The van der Waals surface area contributed by atoms with Gasteiger partial charge in [-0.25, -0.2) is 17.9 Å². The van der Waals surface area contributed by atoms with E-state index in [0.717, 1.165) is 16.2 Å². The molecule has 0 radical (unpaired) electrons. The molecule has 5 nitrogen and oxygen atoms in total. The fourth-order valence-corrected chi connectivity index (χ4v) is 5.53. The summed E-state index contributed by atoms with van der Waals surface area (Å²) in [6, 6.07) is 4.67. The van der Waals surface area contributed by atoms with E-state index in [9.17, 15) is 13.2 Å². The molecule has 21 heavy (non-hydrogen) atoms. The van der Waals surface area contributed by atoms with Gasteiger partial charge in [0.25, 0.3) is 0 Å². The third-order valence-corrected chi connectivity index (χ3v) is 6.38. The summed E-state index contributed by atoms with van der Waals surface area (Å²) in [5, 5.41) is 12.4. The minimum Gasteiger partial charge on any atom is -0.477 e. The predicted octanol–water partition coefficient (Wildman–Crippen LogP) is 3.18. The van der Waals surface area contributed by atoms with Crippen molar-refractivity contribution >= 4 is 38.7 Å². The van der Waals surface area contributed by atoms with Gasteiger partial charge in [-0.2, -0.15) is 0 Å². The number of aromatic carboxylic acids is 1. The number of carboxylic acid groups (broad SMARTS) is 1. The summed E-state index contributed by atoms with van der Waals surface area (Å²) in [6.45, 7) is 3.83. The fourth-order valence-electron chi connectivity index (χ4n) is 1.89. The van der Waals surface area contributed by atoms with Crippen LogP contribution in [-0.4, -0.2) is 19.5 Å². The van der Waals surface area contributed by atoms with Gasteiger partial charge in [-0.15, -0.1) is 22.7 Å². The molecule has 0 aromatic carbocycles. The normalized spacial score (nSPS) is 13.5. The van der Waals surface area contributed by atoms with Gasteiger partial charge in [-0.1, -0.05) is 19.9 Å². The maximum Gasteiger partial charge on any atom is 0.347 e. The zero-order valence-corrected chi connectivity index (χ0v) is 13.9. The van der Waals surface area contributed by atoms with Crippen molar-refractivity contribution in [2.45, 2.75) is 24.8 Å². The quantitative estimate of drug-likeness (QED) is 0.842. The highest BCUT2D eigenvalue weighted by atomic mass is 32.2. The van der Waals surface area contributed by atoms with Crippen LogP contribution in [0.15, 0.2) is 33.9 Å². The number of nitrogens with one attached hydrogen (secondary N) is 1. The van der Waals surface area contributed by atoms with E-state index in [4.69, 9.17) is 5.11 Å². The van der Waals surface area contributed by atoms with Crippen molar-refractivity contribution in [2.75, 3.05) is 0 Å². The Hall–Kier alpha value is -1.22. The van der Waals surface area contributed by atoms with Gasteiger partial charge < -0.3 is 5.11 Å². The van der Waals surface area contributed by atoms with Crippen molar-refractivity contribution in [1.29, 1.82) is 0 Å². The van der Waals surface area contributed by atoms with Gasteiger partial charge in [0.05, 0.1) is 6.04 Å². The van der Waals surface area contributed by atoms with Crippen molar-refractivity contribution in [2.24, 2.45) is 5.92 Å². The molecule has 2 rings (SSSR count). The Labute approximate surface area is 131 Å². The van der Waals surface area contributed by atoms with E-state index < -0.39 is 16.0 Å². The Morgan fingerprint density at radius 3 is 2.48 bits per heavy atom. The summed E-state index contributed by atoms with van der Waals surface area (Å²) < 4.78 is 27.5. The molecule has 0 amide bonds.